The van der Waals surface area contributed by atoms with Gasteiger partial charge in [0.05, 0.1) is 26.2 Å². The van der Waals surface area contributed by atoms with Gasteiger partial charge in [-0.25, -0.2) is 0 Å². The van der Waals surface area contributed by atoms with Gasteiger partial charge < -0.3 is 33.4 Å². The average molecular weight is 744 g/mol. The van der Waals surface area contributed by atoms with E-state index in [9.17, 15) is 19.5 Å². The Kier molecular flexibility index (Phi) is 16.7. The molecule has 11 nitrogen and oxygen atoms in total. The fourth-order valence-electron chi connectivity index (χ4n) is 7.38. The molecule has 3 aromatic rings. The van der Waals surface area contributed by atoms with Gasteiger partial charge in [-0.3, -0.25) is 19.4 Å². The molecular formula is C40H55ClLiN5O6. The first kappa shape index (κ1) is 42.9. The summed E-state index contributed by atoms with van der Waals surface area (Å²) in [6, 6.07) is 15.2. The van der Waals surface area contributed by atoms with Crippen molar-refractivity contribution in [1.29, 1.82) is 0 Å². The van der Waals surface area contributed by atoms with Gasteiger partial charge in [-0.1, -0.05) is 11.6 Å². The third-order valence-corrected chi connectivity index (χ3v) is 10.6. The molecule has 0 aliphatic carbocycles. The van der Waals surface area contributed by atoms with Crippen molar-refractivity contribution < 1.29 is 47.2 Å². The fourth-order valence-corrected chi connectivity index (χ4v) is 7.51. The number of aliphatic carboxylic acids is 1. The van der Waals surface area contributed by atoms with E-state index in [1.807, 2.05) is 51.3 Å². The fraction of sp³-hybridized carbons (Fsp3) is 0.575. The van der Waals surface area contributed by atoms with E-state index in [-0.39, 0.29) is 48.3 Å². The van der Waals surface area contributed by atoms with Crippen molar-refractivity contribution in [2.75, 3.05) is 67.5 Å². The van der Waals surface area contributed by atoms with Gasteiger partial charge in [-0.05, 0) is 141 Å². The maximum atomic E-state index is 13.1. The number of nitrogens with zero attached hydrogens (tertiary/aromatic N) is 5. The number of rotatable bonds is 12. The van der Waals surface area contributed by atoms with Gasteiger partial charge in [0.15, 0.2) is 5.78 Å². The Labute approximate surface area is 331 Å². The molecule has 2 aromatic heterocycles. The number of hydrogen-bond donors (Lipinski definition) is 0. The Hall–Kier alpha value is -2.88. The van der Waals surface area contributed by atoms with Crippen molar-refractivity contribution in [2.45, 2.75) is 64.7 Å². The summed E-state index contributed by atoms with van der Waals surface area (Å²) in [4.78, 5) is 47.4. The molecule has 3 saturated heterocycles. The average Bonchev–Trinajstić information content (AvgIpc) is 3.76. The van der Waals surface area contributed by atoms with Crippen molar-refractivity contribution in [3.63, 3.8) is 0 Å². The standard InChI is InChI=1S/C26H34ClN3O3.C14H22N2O3.Li/c1-28(2)17-23-7-8-24(33-23)18-29-13-9-21(10-14-29)26(32)30-15-11-20(12-16-30)25(31)19-3-5-22(27)6-4-19;1-15(2)9-12-3-4-13(19-12)10-16-7-5-11(6-8-16)14(17)18;/h3-8,20-21H,9-18H2,1-2H3;3-4,11H,5-10H2,1-2H3,(H,17,18);/q;;+1/p-1. The minimum absolute atomic E-state index is 0. The second-order valence-electron chi connectivity index (χ2n) is 15.1. The van der Waals surface area contributed by atoms with E-state index in [1.165, 1.54) is 0 Å². The Morgan fingerprint density at radius 1 is 0.642 bits per heavy atom. The van der Waals surface area contributed by atoms with Gasteiger partial charge >= 0.3 is 18.9 Å². The predicted molar refractivity (Wildman–Crippen MR) is 198 cm³/mol. The summed E-state index contributed by atoms with van der Waals surface area (Å²) in [5, 5.41) is 11.4. The largest absolute Gasteiger partial charge is 1.00 e. The number of benzene rings is 1. The summed E-state index contributed by atoms with van der Waals surface area (Å²) < 4.78 is 11.7. The number of carboxylic acid groups (broad SMARTS) is 1. The number of likely N-dealkylation sites (tertiary alicyclic amines) is 3. The molecule has 1 aromatic carbocycles. The summed E-state index contributed by atoms with van der Waals surface area (Å²) in [5.41, 5.74) is 0.710. The summed E-state index contributed by atoms with van der Waals surface area (Å²) >= 11 is 5.93. The second-order valence-corrected chi connectivity index (χ2v) is 15.5. The molecule has 3 aliphatic heterocycles. The van der Waals surface area contributed by atoms with Gasteiger partial charge in [0.25, 0.3) is 0 Å². The minimum atomic E-state index is -0.911. The summed E-state index contributed by atoms with van der Waals surface area (Å²) in [7, 11) is 8.08. The number of hydrogen-bond acceptors (Lipinski definition) is 10. The molecule has 6 rings (SSSR count). The zero-order chi connectivity index (χ0) is 37.2. The SMILES string of the molecule is CN(C)Cc1ccc(CN2CCC(C(=O)N3CCC(C(=O)c4ccc(Cl)cc4)CC3)CC2)o1.CN(C)Cc1ccc(CN2CCC(C(=O)[O-])CC2)o1.[Li+]. The van der Waals surface area contributed by atoms with Crippen molar-refractivity contribution in [3.8, 4) is 0 Å². The maximum Gasteiger partial charge on any atom is 1.00 e. The van der Waals surface area contributed by atoms with E-state index in [0.717, 1.165) is 101 Å². The Balaban J connectivity index is 0.000000267. The Morgan fingerprint density at radius 2 is 1.06 bits per heavy atom. The number of piperidine rings is 3. The molecule has 3 fully saturated rings. The van der Waals surface area contributed by atoms with E-state index >= 15 is 0 Å². The Morgan fingerprint density at radius 3 is 1.49 bits per heavy atom. The van der Waals surface area contributed by atoms with Crippen LogP contribution >= 0.6 is 11.6 Å². The second kappa shape index (κ2) is 20.7. The van der Waals surface area contributed by atoms with Crippen LogP contribution in [0.4, 0.5) is 0 Å². The van der Waals surface area contributed by atoms with Crippen LogP contribution in [0, 0.1) is 17.8 Å². The quantitative estimate of drug-likeness (QED) is 0.200. The zero-order valence-electron chi connectivity index (χ0n) is 32.2. The first-order valence-electron chi connectivity index (χ1n) is 18.6. The number of amides is 1. The molecular weight excluding hydrogens is 689 g/mol. The number of carbonyl (C=O) groups is 3. The molecule has 0 atom stereocenters. The van der Waals surface area contributed by atoms with Crippen LogP contribution in [0.15, 0.2) is 57.4 Å². The summed E-state index contributed by atoms with van der Waals surface area (Å²) in [5.74, 6) is 3.20. The number of Topliss-reactive ketones (excluding diaryl/α,β-unsaturated/α-hetero) is 1. The van der Waals surface area contributed by atoms with Crippen LogP contribution in [0.5, 0.6) is 0 Å². The molecule has 13 heteroatoms. The van der Waals surface area contributed by atoms with Crippen LogP contribution in [-0.4, -0.2) is 110 Å². The van der Waals surface area contributed by atoms with Crippen molar-refractivity contribution in [1.82, 2.24) is 24.5 Å². The molecule has 1 amide bonds. The first-order chi connectivity index (χ1) is 24.9. The normalized spacial score (nSPS) is 18.1. The topological polar surface area (TPSA) is 117 Å². The number of halogens is 1. The molecule has 0 spiro atoms. The van der Waals surface area contributed by atoms with E-state index in [2.05, 4.69) is 25.7 Å². The molecule has 0 N–H and O–H groups in total. The molecule has 5 heterocycles. The molecule has 0 saturated carbocycles. The number of ketones is 1. The summed E-state index contributed by atoms with van der Waals surface area (Å²) in [6.45, 7) is 7.90. The van der Waals surface area contributed by atoms with Gasteiger partial charge in [0.1, 0.15) is 23.0 Å². The summed E-state index contributed by atoms with van der Waals surface area (Å²) in [6.07, 6.45) is 4.59. The molecule has 284 valence electrons. The van der Waals surface area contributed by atoms with E-state index in [4.69, 9.17) is 20.4 Å². The van der Waals surface area contributed by atoms with Gasteiger partial charge in [0.2, 0.25) is 5.91 Å². The van der Waals surface area contributed by atoms with E-state index in [1.54, 1.807) is 24.3 Å². The molecule has 0 bridgehead atoms. The van der Waals surface area contributed by atoms with Gasteiger partial charge in [-0.15, -0.1) is 0 Å². The smallest absolute Gasteiger partial charge is 0.550 e. The van der Waals surface area contributed by atoms with Crippen molar-refractivity contribution in [2.24, 2.45) is 17.8 Å². The molecule has 53 heavy (non-hydrogen) atoms. The Bertz CT molecular complexity index is 1590. The predicted octanol–water partition coefficient (Wildman–Crippen LogP) is 1.64. The van der Waals surface area contributed by atoms with Crippen LogP contribution in [0.1, 0.15) is 71.9 Å². The van der Waals surface area contributed by atoms with Crippen LogP contribution in [-0.2, 0) is 35.8 Å². The third-order valence-electron chi connectivity index (χ3n) is 10.3. The van der Waals surface area contributed by atoms with E-state index in [0.29, 0.717) is 36.5 Å². The molecule has 0 unspecified atom stereocenters. The molecule has 0 radical (unpaired) electrons. The van der Waals surface area contributed by atoms with E-state index < -0.39 is 5.97 Å². The third kappa shape index (κ3) is 13.1. The monoisotopic (exact) mass is 743 g/mol. The van der Waals surface area contributed by atoms with Crippen LogP contribution in [0.3, 0.4) is 0 Å². The first-order valence-corrected chi connectivity index (χ1v) is 19.0. The van der Waals surface area contributed by atoms with Gasteiger partial charge in [-0.2, -0.15) is 0 Å². The molecule has 3 aliphatic rings. The van der Waals surface area contributed by atoms with Crippen molar-refractivity contribution in [3.05, 3.63) is 82.2 Å². The van der Waals surface area contributed by atoms with Crippen LogP contribution < -0.4 is 24.0 Å². The maximum absolute atomic E-state index is 13.1. The zero-order valence-corrected chi connectivity index (χ0v) is 33.0. The van der Waals surface area contributed by atoms with Gasteiger partial charge in [0, 0.05) is 47.4 Å². The number of carboxylic acids is 1. The number of furan rings is 2. The number of carbonyl (C=O) groups excluding carboxylic acids is 3. The van der Waals surface area contributed by atoms with Crippen LogP contribution in [0.25, 0.3) is 0 Å². The van der Waals surface area contributed by atoms with Crippen LogP contribution in [0.2, 0.25) is 5.02 Å². The van der Waals surface area contributed by atoms with Crippen molar-refractivity contribution >= 4 is 29.3 Å². The minimum Gasteiger partial charge on any atom is -0.550 e.